The van der Waals surface area contributed by atoms with Crippen LogP contribution in [-0.2, 0) is 11.3 Å². The quantitative estimate of drug-likeness (QED) is 0.802. The van der Waals surface area contributed by atoms with Gasteiger partial charge in [-0.15, -0.1) is 0 Å². The lowest BCUT2D eigenvalue weighted by Gasteiger charge is -2.15. The third kappa shape index (κ3) is 4.06. The topological polar surface area (TPSA) is 41.5 Å². The number of aliphatic hydroxyl groups excluding tert-OH is 1. The van der Waals surface area contributed by atoms with Gasteiger partial charge in [0.25, 0.3) is 0 Å². The van der Waals surface area contributed by atoms with Gasteiger partial charge in [0.2, 0.25) is 0 Å². The first-order valence-electron chi connectivity index (χ1n) is 4.94. The molecule has 0 amide bonds. The summed E-state index contributed by atoms with van der Waals surface area (Å²) in [5, 5.41) is 12.5. The molecular formula is C11H15ClFNO2. The summed E-state index contributed by atoms with van der Waals surface area (Å²) in [7, 11) is 1.55. The molecule has 0 heterocycles. The number of methoxy groups -OCH3 is 1. The predicted octanol–water partition coefficient (Wildman–Crippen LogP) is 1.58. The van der Waals surface area contributed by atoms with Crippen LogP contribution in [-0.4, -0.2) is 31.5 Å². The number of aliphatic hydroxyl groups is 1. The van der Waals surface area contributed by atoms with Crippen LogP contribution in [0.25, 0.3) is 0 Å². The van der Waals surface area contributed by atoms with Crippen LogP contribution in [0.15, 0.2) is 18.2 Å². The summed E-state index contributed by atoms with van der Waals surface area (Å²) < 4.78 is 18.2. The minimum atomic E-state index is -0.314. The molecular weight excluding hydrogens is 233 g/mol. The van der Waals surface area contributed by atoms with E-state index in [2.05, 4.69) is 5.32 Å². The monoisotopic (exact) mass is 247 g/mol. The molecule has 0 bridgehead atoms. The maximum Gasteiger partial charge on any atom is 0.127 e. The van der Waals surface area contributed by atoms with Crippen molar-refractivity contribution in [2.75, 3.05) is 20.3 Å². The van der Waals surface area contributed by atoms with E-state index in [9.17, 15) is 4.39 Å². The molecule has 0 spiro atoms. The van der Waals surface area contributed by atoms with Gasteiger partial charge in [0, 0.05) is 24.2 Å². The van der Waals surface area contributed by atoms with Crippen LogP contribution >= 0.6 is 11.6 Å². The second-order valence-electron chi connectivity index (χ2n) is 3.45. The maximum atomic E-state index is 13.3. The summed E-state index contributed by atoms with van der Waals surface area (Å²) in [6.45, 7) is 0.621. The van der Waals surface area contributed by atoms with Crippen LogP contribution in [0.5, 0.6) is 0 Å². The van der Waals surface area contributed by atoms with E-state index < -0.39 is 0 Å². The minimum absolute atomic E-state index is 0.0595. The number of ether oxygens (including phenoxy) is 1. The molecule has 0 aromatic heterocycles. The van der Waals surface area contributed by atoms with Crippen molar-refractivity contribution in [2.45, 2.75) is 12.6 Å². The molecule has 3 nitrogen and oxygen atoms in total. The summed E-state index contributed by atoms with van der Waals surface area (Å²) >= 11 is 5.76. The van der Waals surface area contributed by atoms with E-state index in [1.54, 1.807) is 13.2 Å². The zero-order valence-corrected chi connectivity index (χ0v) is 9.80. The Morgan fingerprint density at radius 1 is 1.56 bits per heavy atom. The Labute approximate surface area is 99.2 Å². The summed E-state index contributed by atoms with van der Waals surface area (Å²) in [5.41, 5.74) is 0.474. The molecule has 1 atom stereocenters. The molecule has 1 rings (SSSR count). The van der Waals surface area contributed by atoms with Crippen LogP contribution in [0.2, 0.25) is 5.02 Å². The Balaban J connectivity index is 2.55. The van der Waals surface area contributed by atoms with Crippen molar-refractivity contribution in [3.63, 3.8) is 0 Å². The van der Waals surface area contributed by atoms with E-state index in [1.807, 2.05) is 0 Å². The van der Waals surface area contributed by atoms with Crippen molar-refractivity contribution in [1.82, 2.24) is 5.32 Å². The summed E-state index contributed by atoms with van der Waals surface area (Å²) in [5.74, 6) is -0.314. The van der Waals surface area contributed by atoms with Gasteiger partial charge in [-0.2, -0.15) is 0 Å². The SMILES string of the molecule is COCC(CO)NCc1cc(Cl)ccc1F. The Morgan fingerprint density at radius 2 is 2.31 bits per heavy atom. The van der Waals surface area contributed by atoms with Gasteiger partial charge in [0.05, 0.1) is 19.3 Å². The van der Waals surface area contributed by atoms with Gasteiger partial charge in [0.15, 0.2) is 0 Å². The number of hydrogen-bond acceptors (Lipinski definition) is 3. The van der Waals surface area contributed by atoms with Gasteiger partial charge >= 0.3 is 0 Å². The van der Waals surface area contributed by atoms with Crippen LogP contribution in [0.4, 0.5) is 4.39 Å². The van der Waals surface area contributed by atoms with Gasteiger partial charge in [-0.1, -0.05) is 11.6 Å². The lowest BCUT2D eigenvalue weighted by atomic mass is 10.2. The van der Waals surface area contributed by atoms with Gasteiger partial charge in [-0.3, -0.25) is 0 Å². The van der Waals surface area contributed by atoms with E-state index in [0.717, 1.165) is 0 Å². The van der Waals surface area contributed by atoms with Crippen LogP contribution in [0.1, 0.15) is 5.56 Å². The minimum Gasteiger partial charge on any atom is -0.395 e. The number of benzene rings is 1. The maximum absolute atomic E-state index is 13.3. The van der Waals surface area contributed by atoms with Crippen LogP contribution in [0.3, 0.4) is 0 Å². The molecule has 90 valence electrons. The van der Waals surface area contributed by atoms with Crippen LogP contribution in [0, 0.1) is 5.82 Å². The van der Waals surface area contributed by atoms with Crippen molar-refractivity contribution in [2.24, 2.45) is 0 Å². The van der Waals surface area contributed by atoms with Gasteiger partial charge in [-0.05, 0) is 18.2 Å². The van der Waals surface area contributed by atoms with E-state index in [4.69, 9.17) is 21.4 Å². The normalized spacial score (nSPS) is 12.8. The molecule has 0 aliphatic rings. The second-order valence-corrected chi connectivity index (χ2v) is 3.89. The van der Waals surface area contributed by atoms with Crippen molar-refractivity contribution in [1.29, 1.82) is 0 Å². The summed E-state index contributed by atoms with van der Waals surface area (Å²) in [6.07, 6.45) is 0. The van der Waals surface area contributed by atoms with Gasteiger partial charge in [-0.25, -0.2) is 4.39 Å². The van der Waals surface area contributed by atoms with E-state index >= 15 is 0 Å². The highest BCUT2D eigenvalue weighted by molar-refractivity contribution is 6.30. The lowest BCUT2D eigenvalue weighted by molar-refractivity contribution is 0.128. The molecule has 0 radical (unpaired) electrons. The second kappa shape index (κ2) is 6.81. The molecule has 0 aliphatic carbocycles. The Kier molecular flexibility index (Phi) is 5.69. The molecule has 16 heavy (non-hydrogen) atoms. The summed E-state index contributed by atoms with van der Waals surface area (Å²) in [4.78, 5) is 0. The third-order valence-electron chi connectivity index (χ3n) is 2.18. The average molecular weight is 248 g/mol. The number of hydrogen-bond donors (Lipinski definition) is 2. The third-order valence-corrected chi connectivity index (χ3v) is 2.41. The van der Waals surface area contributed by atoms with Crippen LogP contribution < -0.4 is 5.32 Å². The standard InChI is InChI=1S/C11H15ClFNO2/c1-16-7-10(6-15)14-5-8-4-9(12)2-3-11(8)13/h2-4,10,14-15H,5-7H2,1H3. The Morgan fingerprint density at radius 3 is 2.94 bits per heavy atom. The molecule has 0 saturated heterocycles. The Hall–Kier alpha value is -0.680. The zero-order chi connectivity index (χ0) is 12.0. The molecule has 2 N–H and O–H groups in total. The molecule has 0 aliphatic heterocycles. The molecule has 1 unspecified atom stereocenters. The highest BCUT2D eigenvalue weighted by Crippen LogP contribution is 2.14. The molecule has 1 aromatic rings. The van der Waals surface area contributed by atoms with E-state index in [1.165, 1.54) is 12.1 Å². The molecule has 5 heteroatoms. The molecule has 0 fully saturated rings. The van der Waals surface area contributed by atoms with Crippen molar-refractivity contribution >= 4 is 11.6 Å². The van der Waals surface area contributed by atoms with E-state index in [-0.39, 0.29) is 18.5 Å². The fraction of sp³-hybridized carbons (Fsp3) is 0.455. The summed E-state index contributed by atoms with van der Waals surface area (Å²) in [6, 6.07) is 4.18. The van der Waals surface area contributed by atoms with Crippen molar-refractivity contribution in [3.8, 4) is 0 Å². The zero-order valence-electron chi connectivity index (χ0n) is 9.04. The number of nitrogens with one attached hydrogen (secondary N) is 1. The molecule has 1 aromatic carbocycles. The molecule has 0 saturated carbocycles. The highest BCUT2D eigenvalue weighted by Gasteiger charge is 2.08. The number of halogens is 2. The fourth-order valence-electron chi connectivity index (χ4n) is 1.31. The lowest BCUT2D eigenvalue weighted by Crippen LogP contribution is -2.36. The van der Waals surface area contributed by atoms with E-state index in [0.29, 0.717) is 23.7 Å². The fourth-order valence-corrected chi connectivity index (χ4v) is 1.51. The highest BCUT2D eigenvalue weighted by atomic mass is 35.5. The smallest absolute Gasteiger partial charge is 0.127 e. The van der Waals surface area contributed by atoms with Crippen molar-refractivity contribution < 1.29 is 14.2 Å². The van der Waals surface area contributed by atoms with Gasteiger partial charge in [0.1, 0.15) is 5.82 Å². The first kappa shape index (κ1) is 13.4. The first-order valence-corrected chi connectivity index (χ1v) is 5.32. The first-order chi connectivity index (χ1) is 7.67. The van der Waals surface area contributed by atoms with Gasteiger partial charge < -0.3 is 15.2 Å². The van der Waals surface area contributed by atoms with Crippen molar-refractivity contribution in [3.05, 3.63) is 34.6 Å². The number of rotatable bonds is 6. The predicted molar refractivity (Wildman–Crippen MR) is 61.0 cm³/mol. The largest absolute Gasteiger partial charge is 0.395 e. The average Bonchev–Trinajstić information content (AvgIpc) is 2.28. The Bertz CT molecular complexity index is 336.